The molecular weight excluding hydrogens is 370 g/mol. The van der Waals surface area contributed by atoms with Crippen LogP contribution < -0.4 is 10.2 Å². The standard InChI is InChI=1S/C20H17N7O2/c1-26-17-16(21-7-8-22-17)13-14-15(13)20(14,19(26)29)23-18(28)12-10-27(25-24-12)9-11-5-3-2-4-6-11/h2-8,10,13-15H,9H2,1H3,(H,23,28)/t13?,14-,15?,20?/m1/s1. The molecule has 2 aliphatic heterocycles. The molecule has 0 spiro atoms. The monoisotopic (exact) mass is 387 g/mol. The number of carbonyl (C=O) groups excluding carboxylic acids is 2. The summed E-state index contributed by atoms with van der Waals surface area (Å²) < 4.78 is 1.61. The van der Waals surface area contributed by atoms with Crippen molar-refractivity contribution in [2.24, 2.45) is 11.8 Å². The molecule has 4 heterocycles. The van der Waals surface area contributed by atoms with Crippen molar-refractivity contribution < 1.29 is 9.59 Å². The van der Waals surface area contributed by atoms with Crippen molar-refractivity contribution in [3.63, 3.8) is 0 Å². The number of benzene rings is 1. The first-order valence-corrected chi connectivity index (χ1v) is 9.47. The maximum Gasteiger partial charge on any atom is 0.274 e. The Morgan fingerprint density at radius 3 is 2.72 bits per heavy atom. The lowest BCUT2D eigenvalue weighted by Gasteiger charge is -2.25. The predicted octanol–water partition coefficient (Wildman–Crippen LogP) is 0.605. The molecule has 4 atom stereocenters. The first kappa shape index (κ1) is 16.3. The highest BCUT2D eigenvalue weighted by atomic mass is 16.2. The van der Waals surface area contributed by atoms with Gasteiger partial charge >= 0.3 is 0 Å². The lowest BCUT2D eigenvalue weighted by atomic mass is 9.95. The van der Waals surface area contributed by atoms with Crippen LogP contribution in [0.1, 0.15) is 27.7 Å². The second-order valence-electron chi connectivity index (χ2n) is 7.82. The zero-order valence-electron chi connectivity index (χ0n) is 15.6. The number of amides is 2. The summed E-state index contributed by atoms with van der Waals surface area (Å²) >= 11 is 0. The molecule has 3 aromatic rings. The average Bonchev–Trinajstić information content (AvgIpc) is 3.60. The van der Waals surface area contributed by atoms with Gasteiger partial charge < -0.3 is 5.32 Å². The van der Waals surface area contributed by atoms with Crippen molar-refractivity contribution in [3.05, 3.63) is 65.9 Å². The van der Waals surface area contributed by atoms with Crippen LogP contribution in [-0.2, 0) is 11.3 Å². The lowest BCUT2D eigenvalue weighted by molar-refractivity contribution is -0.122. The zero-order chi connectivity index (χ0) is 19.8. The molecule has 2 aliphatic carbocycles. The van der Waals surface area contributed by atoms with Gasteiger partial charge in [0.25, 0.3) is 11.8 Å². The second kappa shape index (κ2) is 5.47. The van der Waals surface area contributed by atoms with E-state index in [2.05, 4.69) is 25.6 Å². The van der Waals surface area contributed by atoms with E-state index in [0.29, 0.717) is 12.4 Å². The molecule has 3 unspecified atom stereocenters. The molecule has 4 aliphatic rings. The molecule has 0 radical (unpaired) electrons. The van der Waals surface area contributed by atoms with Crippen LogP contribution in [0, 0.1) is 11.8 Å². The summed E-state index contributed by atoms with van der Waals surface area (Å²) in [6.07, 6.45) is 4.83. The molecule has 0 saturated heterocycles. The number of fused-ring (bicyclic) bond motifs is 1. The summed E-state index contributed by atoms with van der Waals surface area (Å²) in [5, 5.41) is 11.0. The molecule has 1 N–H and O–H groups in total. The number of rotatable bonds is 4. The van der Waals surface area contributed by atoms with Gasteiger partial charge in [0.15, 0.2) is 11.5 Å². The zero-order valence-corrected chi connectivity index (χ0v) is 15.6. The molecular formula is C20H17N7O2. The van der Waals surface area contributed by atoms with Gasteiger partial charge in [0.2, 0.25) is 0 Å². The molecule has 2 saturated carbocycles. The van der Waals surface area contributed by atoms with Gasteiger partial charge in [-0.05, 0) is 5.56 Å². The fourth-order valence-corrected chi connectivity index (χ4v) is 4.76. The van der Waals surface area contributed by atoms with E-state index in [0.717, 1.165) is 11.3 Å². The minimum atomic E-state index is -0.873. The van der Waals surface area contributed by atoms with Gasteiger partial charge in [0.05, 0.1) is 18.4 Å². The van der Waals surface area contributed by atoms with E-state index in [-0.39, 0.29) is 35.3 Å². The van der Waals surface area contributed by atoms with Crippen molar-refractivity contribution in [1.82, 2.24) is 30.3 Å². The molecule has 2 fully saturated rings. The van der Waals surface area contributed by atoms with Gasteiger partial charge in [-0.25, -0.2) is 9.67 Å². The number of hydrogen-bond acceptors (Lipinski definition) is 6. The molecule has 7 rings (SSSR count). The molecule has 29 heavy (non-hydrogen) atoms. The van der Waals surface area contributed by atoms with E-state index in [9.17, 15) is 9.59 Å². The van der Waals surface area contributed by atoms with E-state index in [1.54, 1.807) is 30.3 Å². The van der Waals surface area contributed by atoms with Crippen LogP contribution in [0.5, 0.6) is 0 Å². The highest BCUT2D eigenvalue weighted by molar-refractivity contribution is 6.10. The van der Waals surface area contributed by atoms with E-state index in [4.69, 9.17) is 0 Å². The number of likely N-dealkylation sites (N-methyl/N-ethyl adjacent to an activating group) is 1. The van der Waals surface area contributed by atoms with Gasteiger partial charge in [-0.3, -0.25) is 19.5 Å². The Balaban J connectivity index is 1.22. The minimum absolute atomic E-state index is 0.0821. The summed E-state index contributed by atoms with van der Waals surface area (Å²) in [5.74, 6) is 0.397. The molecule has 144 valence electrons. The molecule has 2 amide bonds. The highest BCUT2D eigenvalue weighted by Crippen LogP contribution is 2.81. The van der Waals surface area contributed by atoms with E-state index in [1.165, 1.54) is 4.90 Å². The van der Waals surface area contributed by atoms with E-state index < -0.39 is 5.54 Å². The van der Waals surface area contributed by atoms with Crippen molar-refractivity contribution in [2.45, 2.75) is 18.0 Å². The van der Waals surface area contributed by atoms with Gasteiger partial charge in [-0.2, -0.15) is 0 Å². The number of aromatic nitrogens is 5. The summed E-state index contributed by atoms with van der Waals surface area (Å²) in [4.78, 5) is 36.2. The minimum Gasteiger partial charge on any atom is -0.336 e. The van der Waals surface area contributed by atoms with Crippen molar-refractivity contribution in [1.29, 1.82) is 0 Å². The number of anilines is 1. The maximum atomic E-state index is 13.1. The maximum absolute atomic E-state index is 13.1. The third-order valence-electron chi connectivity index (χ3n) is 6.24. The van der Waals surface area contributed by atoms with Crippen LogP contribution in [0.25, 0.3) is 0 Å². The molecule has 9 heteroatoms. The van der Waals surface area contributed by atoms with E-state index in [1.807, 2.05) is 30.3 Å². The SMILES string of the molecule is CN1C(=O)C2(NC(=O)c3cn(Cc4ccccc4)nn3)C3C(c4nccnc41)[C@H]32. The molecule has 2 bridgehead atoms. The Morgan fingerprint density at radius 1 is 1.17 bits per heavy atom. The molecule has 2 aromatic heterocycles. The quantitative estimate of drug-likeness (QED) is 0.703. The fourth-order valence-electron chi connectivity index (χ4n) is 4.76. The van der Waals surface area contributed by atoms with Crippen molar-refractivity contribution in [2.75, 3.05) is 11.9 Å². The third-order valence-corrected chi connectivity index (χ3v) is 6.24. The number of nitrogens with zero attached hydrogens (tertiary/aromatic N) is 6. The largest absolute Gasteiger partial charge is 0.336 e. The molecule has 1 aromatic carbocycles. The van der Waals surface area contributed by atoms with Gasteiger partial charge in [-0.15, -0.1) is 5.10 Å². The van der Waals surface area contributed by atoms with Gasteiger partial charge in [0, 0.05) is 37.2 Å². The van der Waals surface area contributed by atoms with Crippen molar-refractivity contribution in [3.8, 4) is 0 Å². The van der Waals surface area contributed by atoms with Gasteiger partial charge in [-0.1, -0.05) is 35.5 Å². The van der Waals surface area contributed by atoms with Crippen LogP contribution in [0.2, 0.25) is 0 Å². The Bertz CT molecular complexity index is 1150. The van der Waals surface area contributed by atoms with Gasteiger partial charge in [0.1, 0.15) is 5.54 Å². The van der Waals surface area contributed by atoms with Crippen LogP contribution in [0.15, 0.2) is 48.9 Å². The fraction of sp³-hybridized carbons (Fsp3) is 0.300. The first-order valence-electron chi connectivity index (χ1n) is 9.47. The van der Waals surface area contributed by atoms with Crippen molar-refractivity contribution >= 4 is 17.6 Å². The Morgan fingerprint density at radius 2 is 1.93 bits per heavy atom. The molecule has 9 nitrogen and oxygen atoms in total. The highest BCUT2D eigenvalue weighted by Gasteiger charge is 2.90. The summed E-state index contributed by atoms with van der Waals surface area (Å²) in [5.41, 5.74) is 1.23. The van der Waals surface area contributed by atoms with Crippen LogP contribution in [-0.4, -0.2) is 49.4 Å². The van der Waals surface area contributed by atoms with Crippen LogP contribution >= 0.6 is 0 Å². The lowest BCUT2D eigenvalue weighted by Crippen LogP contribution is -2.54. The predicted molar refractivity (Wildman–Crippen MR) is 101 cm³/mol. The Labute approximate surface area is 165 Å². The van der Waals surface area contributed by atoms with Crippen LogP contribution in [0.3, 0.4) is 0 Å². The smallest absolute Gasteiger partial charge is 0.274 e. The summed E-state index contributed by atoms with van der Waals surface area (Å²) in [6, 6.07) is 9.81. The second-order valence-corrected chi connectivity index (χ2v) is 7.82. The Hall–Kier alpha value is -3.62. The third kappa shape index (κ3) is 2.15. The normalized spacial score (nSPS) is 28.2. The summed E-state index contributed by atoms with van der Waals surface area (Å²) in [7, 11) is 1.68. The number of nitrogens with one attached hydrogen (secondary N) is 1. The number of carbonyl (C=O) groups is 2. The average molecular weight is 387 g/mol. The topological polar surface area (TPSA) is 106 Å². The first-order chi connectivity index (χ1) is 14.1. The Kier molecular flexibility index (Phi) is 3.08. The van der Waals surface area contributed by atoms with E-state index >= 15 is 0 Å². The van der Waals surface area contributed by atoms with Crippen LogP contribution in [0.4, 0.5) is 5.82 Å². The summed E-state index contributed by atoms with van der Waals surface area (Å²) in [6.45, 7) is 0.522. The number of hydrogen-bond donors (Lipinski definition) is 1.